The van der Waals surface area contributed by atoms with Gasteiger partial charge >= 0.3 is 6.03 Å². The van der Waals surface area contributed by atoms with E-state index in [1.54, 1.807) is 16.8 Å². The predicted octanol–water partition coefficient (Wildman–Crippen LogP) is 0.00680. The third-order valence-corrected chi connectivity index (χ3v) is 5.36. The Bertz CT molecular complexity index is 848. The second-order valence-electron chi connectivity index (χ2n) is 8.47. The average molecular weight is 508 g/mol. The van der Waals surface area contributed by atoms with Gasteiger partial charge in [0.25, 0.3) is 0 Å². The van der Waals surface area contributed by atoms with E-state index in [4.69, 9.17) is 19.9 Å². The van der Waals surface area contributed by atoms with Crippen molar-refractivity contribution >= 4 is 6.03 Å². The van der Waals surface area contributed by atoms with Crippen LogP contribution in [0, 0.1) is 0 Å². The molecule has 0 aliphatic heterocycles. The van der Waals surface area contributed by atoms with Gasteiger partial charge in [-0.15, -0.1) is 5.10 Å². The standard InChI is InChI=1S/C24H41N7O5/c1-30(2)22(17-20-3-5-23(32)6-4-20)18-27-24(33)26-9-7-21-19-31(29-28-21)10-12-35-14-16-36-15-13-34-11-8-25/h3-6,19,22,32H,7-18,25H2,1-2H3,(H2,26,27,33)/t22-/m0/s1. The van der Waals surface area contributed by atoms with Crippen molar-refractivity contribution in [3.8, 4) is 5.75 Å². The second kappa shape index (κ2) is 17.6. The van der Waals surface area contributed by atoms with E-state index in [-0.39, 0.29) is 17.8 Å². The minimum Gasteiger partial charge on any atom is -0.508 e. The number of rotatable bonds is 19. The van der Waals surface area contributed by atoms with Crippen molar-refractivity contribution in [1.29, 1.82) is 0 Å². The fourth-order valence-electron chi connectivity index (χ4n) is 3.26. The van der Waals surface area contributed by atoms with Gasteiger partial charge in [-0.3, -0.25) is 0 Å². The number of phenols is 1. The molecule has 1 heterocycles. The Morgan fingerprint density at radius 1 is 1.06 bits per heavy atom. The molecule has 0 saturated heterocycles. The van der Waals surface area contributed by atoms with E-state index in [1.165, 1.54) is 0 Å². The van der Waals surface area contributed by atoms with Crippen LogP contribution in [0.15, 0.2) is 30.5 Å². The lowest BCUT2D eigenvalue weighted by molar-refractivity contribution is 0.0141. The van der Waals surface area contributed by atoms with Gasteiger partial charge in [0.15, 0.2) is 0 Å². The number of nitrogens with zero attached hydrogens (tertiary/aromatic N) is 4. The highest BCUT2D eigenvalue weighted by atomic mass is 16.5. The fourth-order valence-corrected chi connectivity index (χ4v) is 3.26. The first-order chi connectivity index (χ1) is 17.5. The van der Waals surface area contributed by atoms with Crippen LogP contribution in [-0.4, -0.2) is 110 Å². The largest absolute Gasteiger partial charge is 0.508 e. The Balaban J connectivity index is 1.54. The third kappa shape index (κ3) is 12.8. The summed E-state index contributed by atoms with van der Waals surface area (Å²) in [5, 5.41) is 23.5. The van der Waals surface area contributed by atoms with E-state index < -0.39 is 0 Å². The van der Waals surface area contributed by atoms with Gasteiger partial charge in [-0.1, -0.05) is 17.3 Å². The highest BCUT2D eigenvalue weighted by Crippen LogP contribution is 2.12. The van der Waals surface area contributed by atoms with Crippen LogP contribution in [0.5, 0.6) is 5.75 Å². The lowest BCUT2D eigenvalue weighted by atomic mass is 10.1. The molecule has 5 N–H and O–H groups in total. The number of hydrogen-bond donors (Lipinski definition) is 4. The Morgan fingerprint density at radius 2 is 1.72 bits per heavy atom. The van der Waals surface area contributed by atoms with Crippen LogP contribution in [0.3, 0.4) is 0 Å². The van der Waals surface area contributed by atoms with Crippen LogP contribution in [0.25, 0.3) is 0 Å². The number of benzene rings is 1. The van der Waals surface area contributed by atoms with Gasteiger partial charge in [-0.05, 0) is 38.2 Å². The SMILES string of the molecule is CN(C)[C@H](CNC(=O)NCCc1cn(CCOCCOCCOCCN)nn1)Cc1ccc(O)cc1. The minimum absolute atomic E-state index is 0.129. The van der Waals surface area contributed by atoms with Crippen molar-refractivity contribution in [3.63, 3.8) is 0 Å². The molecular formula is C24H41N7O5. The van der Waals surface area contributed by atoms with Crippen molar-refractivity contribution in [2.75, 3.05) is 73.4 Å². The molecule has 0 aliphatic carbocycles. The van der Waals surface area contributed by atoms with E-state index in [0.29, 0.717) is 72.2 Å². The molecule has 2 aromatic rings. The van der Waals surface area contributed by atoms with E-state index in [1.807, 2.05) is 32.4 Å². The Hall–Kier alpha value is -2.77. The Morgan fingerprint density at radius 3 is 2.39 bits per heavy atom. The van der Waals surface area contributed by atoms with Crippen LogP contribution >= 0.6 is 0 Å². The molecule has 0 fully saturated rings. The maximum atomic E-state index is 12.2. The van der Waals surface area contributed by atoms with Crippen molar-refractivity contribution in [1.82, 2.24) is 30.5 Å². The number of urea groups is 1. The minimum atomic E-state index is -0.221. The van der Waals surface area contributed by atoms with Gasteiger partial charge in [-0.2, -0.15) is 0 Å². The number of likely N-dealkylation sites (N-methyl/N-ethyl adjacent to an activating group) is 1. The molecule has 0 bridgehead atoms. The monoisotopic (exact) mass is 507 g/mol. The van der Waals surface area contributed by atoms with Gasteiger partial charge in [-0.25, -0.2) is 9.48 Å². The lowest BCUT2D eigenvalue weighted by Crippen LogP contribution is -2.45. The number of ether oxygens (including phenoxy) is 3. The summed E-state index contributed by atoms with van der Waals surface area (Å²) in [5.74, 6) is 0.244. The molecule has 0 radical (unpaired) electrons. The molecule has 202 valence electrons. The van der Waals surface area contributed by atoms with Gasteiger partial charge in [0.05, 0.1) is 51.9 Å². The summed E-state index contributed by atoms with van der Waals surface area (Å²) >= 11 is 0. The molecular weight excluding hydrogens is 466 g/mol. The summed E-state index contributed by atoms with van der Waals surface area (Å²) in [6.07, 6.45) is 3.20. The highest BCUT2D eigenvalue weighted by molar-refractivity contribution is 5.73. The van der Waals surface area contributed by atoms with Crippen LogP contribution in [0.1, 0.15) is 11.3 Å². The summed E-state index contributed by atoms with van der Waals surface area (Å²) in [5.41, 5.74) is 7.24. The average Bonchev–Trinajstić information content (AvgIpc) is 3.31. The quantitative estimate of drug-likeness (QED) is 0.193. The number of carbonyl (C=O) groups excluding carboxylic acids is 1. The number of amides is 2. The van der Waals surface area contributed by atoms with Crippen LogP contribution in [0.4, 0.5) is 4.79 Å². The number of aromatic nitrogens is 3. The Labute approximate surface area is 213 Å². The third-order valence-electron chi connectivity index (χ3n) is 5.36. The Kier molecular flexibility index (Phi) is 14.4. The zero-order chi connectivity index (χ0) is 26.0. The number of phenolic OH excluding ortho intramolecular Hbond substituents is 1. The summed E-state index contributed by atoms with van der Waals surface area (Å²) in [6.45, 7) is 5.19. The second-order valence-corrected chi connectivity index (χ2v) is 8.47. The van der Waals surface area contributed by atoms with Gasteiger partial charge in [0.1, 0.15) is 5.75 Å². The van der Waals surface area contributed by atoms with Crippen LogP contribution in [0.2, 0.25) is 0 Å². The first-order valence-electron chi connectivity index (χ1n) is 12.3. The molecule has 2 amide bonds. The summed E-state index contributed by atoms with van der Waals surface area (Å²) in [7, 11) is 3.96. The molecule has 1 aromatic heterocycles. The molecule has 2 rings (SSSR count). The van der Waals surface area contributed by atoms with E-state index in [2.05, 4.69) is 25.8 Å². The first-order valence-corrected chi connectivity index (χ1v) is 12.3. The predicted molar refractivity (Wildman–Crippen MR) is 136 cm³/mol. The molecule has 0 aliphatic rings. The summed E-state index contributed by atoms with van der Waals surface area (Å²) in [6, 6.07) is 7.03. The van der Waals surface area contributed by atoms with E-state index in [0.717, 1.165) is 17.7 Å². The van der Waals surface area contributed by atoms with Crippen molar-refractivity contribution in [2.24, 2.45) is 5.73 Å². The fraction of sp³-hybridized carbons (Fsp3) is 0.625. The van der Waals surface area contributed by atoms with Gasteiger partial charge in [0.2, 0.25) is 0 Å². The smallest absolute Gasteiger partial charge is 0.314 e. The first kappa shape index (κ1) is 29.5. The van der Waals surface area contributed by atoms with E-state index in [9.17, 15) is 9.90 Å². The number of hydrogen-bond acceptors (Lipinski definition) is 9. The number of carbonyl (C=O) groups is 1. The normalized spacial score (nSPS) is 12.1. The molecule has 0 spiro atoms. The zero-order valence-corrected chi connectivity index (χ0v) is 21.4. The molecule has 0 unspecified atom stereocenters. The van der Waals surface area contributed by atoms with Crippen molar-refractivity contribution in [2.45, 2.75) is 25.4 Å². The lowest BCUT2D eigenvalue weighted by Gasteiger charge is -2.25. The maximum absolute atomic E-state index is 12.2. The number of aromatic hydroxyl groups is 1. The maximum Gasteiger partial charge on any atom is 0.314 e. The zero-order valence-electron chi connectivity index (χ0n) is 21.4. The molecule has 1 atom stereocenters. The summed E-state index contributed by atoms with van der Waals surface area (Å²) in [4.78, 5) is 14.3. The topological polar surface area (TPSA) is 149 Å². The van der Waals surface area contributed by atoms with Crippen molar-refractivity contribution in [3.05, 3.63) is 41.7 Å². The molecule has 12 nitrogen and oxygen atoms in total. The summed E-state index contributed by atoms with van der Waals surface area (Å²) < 4.78 is 17.9. The highest BCUT2D eigenvalue weighted by Gasteiger charge is 2.14. The molecule has 36 heavy (non-hydrogen) atoms. The van der Waals surface area contributed by atoms with Gasteiger partial charge in [0, 0.05) is 38.3 Å². The molecule has 12 heteroatoms. The van der Waals surface area contributed by atoms with Crippen LogP contribution in [-0.2, 0) is 33.6 Å². The van der Waals surface area contributed by atoms with Gasteiger partial charge < -0.3 is 40.6 Å². The van der Waals surface area contributed by atoms with Crippen molar-refractivity contribution < 1.29 is 24.1 Å². The van der Waals surface area contributed by atoms with Crippen LogP contribution < -0.4 is 16.4 Å². The number of nitrogens with one attached hydrogen (secondary N) is 2. The van der Waals surface area contributed by atoms with E-state index >= 15 is 0 Å². The molecule has 0 saturated carbocycles. The molecule has 1 aromatic carbocycles. The number of nitrogens with two attached hydrogens (primary N) is 1.